The number of piperazine rings is 1. The van der Waals surface area contributed by atoms with Crippen LogP contribution in [0.2, 0.25) is 0 Å². The second-order valence-electron chi connectivity index (χ2n) is 8.29. The van der Waals surface area contributed by atoms with Crippen molar-refractivity contribution in [3.05, 3.63) is 40.8 Å². The maximum Gasteiger partial charge on any atom is 0.325 e. The minimum absolute atomic E-state index is 0.199. The van der Waals surface area contributed by atoms with Crippen molar-refractivity contribution in [1.29, 1.82) is 0 Å². The molecule has 1 unspecified atom stereocenters. The number of aryl methyl sites for hydroxylation is 1. The zero-order valence-electron chi connectivity index (χ0n) is 19.4. The Labute approximate surface area is 199 Å². The summed E-state index contributed by atoms with van der Waals surface area (Å²) in [7, 11) is 0. The standard InChI is InChI=1S/C24H33N5O3S/c1-3-32-24(30)19(25)16-31-14-6-9-28-10-12-29(13-11-28)22-18-15-17(2)33-23(18)27-21-8-5-4-7-20(21)26-22/h4-5,7-8,15,19,27H,3,6,9-14,16,25H2,1-2H3. The predicted octanol–water partition coefficient (Wildman–Crippen LogP) is 3.11. The summed E-state index contributed by atoms with van der Waals surface area (Å²) in [5.41, 5.74) is 8.98. The smallest absolute Gasteiger partial charge is 0.325 e. The van der Waals surface area contributed by atoms with Gasteiger partial charge in [0.25, 0.3) is 0 Å². The topological polar surface area (TPSA) is 92.4 Å². The average molecular weight is 472 g/mol. The fourth-order valence-electron chi connectivity index (χ4n) is 4.09. The minimum Gasteiger partial charge on any atom is -0.465 e. The second-order valence-corrected chi connectivity index (χ2v) is 9.55. The highest BCUT2D eigenvalue weighted by atomic mass is 32.1. The van der Waals surface area contributed by atoms with E-state index in [9.17, 15) is 4.79 Å². The number of benzene rings is 1. The number of anilines is 2. The highest BCUT2D eigenvalue weighted by Crippen LogP contribution is 2.39. The van der Waals surface area contributed by atoms with Gasteiger partial charge in [0, 0.05) is 44.2 Å². The Morgan fingerprint density at radius 2 is 2.06 bits per heavy atom. The number of ether oxygens (including phenoxy) is 2. The number of rotatable bonds is 8. The maximum atomic E-state index is 11.5. The summed E-state index contributed by atoms with van der Waals surface area (Å²) in [5, 5.41) is 4.74. The zero-order valence-corrected chi connectivity index (χ0v) is 20.2. The molecule has 3 N–H and O–H groups in total. The first-order valence-corrected chi connectivity index (χ1v) is 12.4. The molecule has 0 spiro atoms. The molecule has 8 nitrogen and oxygen atoms in total. The third-order valence-electron chi connectivity index (χ3n) is 5.80. The summed E-state index contributed by atoms with van der Waals surface area (Å²) in [5.74, 6) is 0.652. The van der Waals surface area contributed by atoms with E-state index < -0.39 is 12.0 Å². The van der Waals surface area contributed by atoms with E-state index in [4.69, 9.17) is 20.2 Å². The fourth-order valence-corrected chi connectivity index (χ4v) is 5.01. The van der Waals surface area contributed by atoms with Gasteiger partial charge < -0.3 is 25.4 Å². The average Bonchev–Trinajstić information content (AvgIpc) is 3.10. The lowest BCUT2D eigenvalue weighted by Crippen LogP contribution is -2.49. The third-order valence-corrected chi connectivity index (χ3v) is 6.76. The van der Waals surface area contributed by atoms with E-state index in [2.05, 4.69) is 40.2 Å². The molecule has 33 heavy (non-hydrogen) atoms. The third kappa shape index (κ3) is 5.92. The van der Waals surface area contributed by atoms with E-state index in [1.54, 1.807) is 18.3 Å². The summed E-state index contributed by atoms with van der Waals surface area (Å²) in [6, 6.07) is 9.75. The molecule has 0 amide bonds. The molecule has 178 valence electrons. The lowest BCUT2D eigenvalue weighted by Gasteiger charge is -2.36. The Hall–Kier alpha value is -2.46. The molecule has 1 atom stereocenters. The van der Waals surface area contributed by atoms with E-state index in [-0.39, 0.29) is 6.61 Å². The zero-order chi connectivity index (χ0) is 23.2. The van der Waals surface area contributed by atoms with Crippen LogP contribution in [-0.4, -0.2) is 80.2 Å². The Kier molecular flexibility index (Phi) is 7.97. The van der Waals surface area contributed by atoms with Crippen LogP contribution in [0.4, 0.5) is 16.4 Å². The van der Waals surface area contributed by atoms with Gasteiger partial charge in [-0.15, -0.1) is 11.3 Å². The molecule has 3 heterocycles. The first-order valence-electron chi connectivity index (χ1n) is 11.6. The van der Waals surface area contributed by atoms with Gasteiger partial charge in [-0.2, -0.15) is 0 Å². The van der Waals surface area contributed by atoms with Crippen LogP contribution in [0.3, 0.4) is 0 Å². The number of nitrogens with two attached hydrogens (primary N) is 1. The number of amidine groups is 1. The molecule has 0 saturated carbocycles. The Balaban J connectivity index is 1.28. The van der Waals surface area contributed by atoms with Crippen LogP contribution in [0.25, 0.3) is 0 Å². The van der Waals surface area contributed by atoms with Crippen LogP contribution in [-0.2, 0) is 14.3 Å². The van der Waals surface area contributed by atoms with Crippen molar-refractivity contribution >= 4 is 39.5 Å². The normalized spacial score (nSPS) is 16.8. The first kappa shape index (κ1) is 23.7. The maximum absolute atomic E-state index is 11.5. The van der Waals surface area contributed by atoms with Crippen LogP contribution in [0.15, 0.2) is 35.3 Å². The number of carbonyl (C=O) groups is 1. The van der Waals surface area contributed by atoms with Crippen molar-refractivity contribution < 1.29 is 14.3 Å². The molecule has 0 aliphatic carbocycles. The SMILES string of the molecule is CCOC(=O)C(N)COCCCN1CCN(C2=Nc3ccccc3Nc3sc(C)cc32)CC1. The molecule has 1 aromatic heterocycles. The van der Waals surface area contributed by atoms with Gasteiger partial charge in [-0.05, 0) is 38.5 Å². The van der Waals surface area contributed by atoms with Crippen LogP contribution in [0, 0.1) is 6.92 Å². The van der Waals surface area contributed by atoms with Gasteiger partial charge in [0.15, 0.2) is 0 Å². The van der Waals surface area contributed by atoms with E-state index in [1.807, 2.05) is 12.1 Å². The Morgan fingerprint density at radius 1 is 1.27 bits per heavy atom. The summed E-state index contributed by atoms with van der Waals surface area (Å²) in [6.07, 6.45) is 0.904. The van der Waals surface area contributed by atoms with Crippen LogP contribution in [0.1, 0.15) is 23.8 Å². The molecule has 1 fully saturated rings. The van der Waals surface area contributed by atoms with E-state index in [1.165, 1.54) is 10.4 Å². The number of hydrogen-bond acceptors (Lipinski definition) is 9. The predicted molar refractivity (Wildman–Crippen MR) is 133 cm³/mol. The van der Waals surface area contributed by atoms with Gasteiger partial charge in [-0.3, -0.25) is 9.69 Å². The second kappa shape index (κ2) is 11.1. The van der Waals surface area contributed by atoms with Crippen molar-refractivity contribution in [2.24, 2.45) is 10.7 Å². The molecule has 2 aliphatic heterocycles. The van der Waals surface area contributed by atoms with Gasteiger partial charge in [-0.25, -0.2) is 4.99 Å². The van der Waals surface area contributed by atoms with Gasteiger partial charge in [0.1, 0.15) is 16.9 Å². The molecule has 0 bridgehead atoms. The molecular weight excluding hydrogens is 438 g/mol. The number of para-hydroxylation sites is 2. The minimum atomic E-state index is -0.709. The quantitative estimate of drug-likeness (QED) is 0.451. The van der Waals surface area contributed by atoms with Crippen molar-refractivity contribution in [3.8, 4) is 0 Å². The van der Waals surface area contributed by atoms with Gasteiger partial charge in [0.05, 0.1) is 30.2 Å². The van der Waals surface area contributed by atoms with E-state index >= 15 is 0 Å². The van der Waals surface area contributed by atoms with E-state index in [0.29, 0.717) is 13.2 Å². The van der Waals surface area contributed by atoms with Gasteiger partial charge >= 0.3 is 5.97 Å². The number of fused-ring (bicyclic) bond motifs is 2. The Bertz CT molecular complexity index is 984. The highest BCUT2D eigenvalue weighted by Gasteiger charge is 2.26. The summed E-state index contributed by atoms with van der Waals surface area (Å²) in [6.45, 7) is 9.82. The van der Waals surface area contributed by atoms with E-state index in [0.717, 1.165) is 61.4 Å². The summed E-state index contributed by atoms with van der Waals surface area (Å²) in [4.78, 5) is 22.7. The van der Waals surface area contributed by atoms with Crippen molar-refractivity contribution in [3.63, 3.8) is 0 Å². The molecule has 0 radical (unpaired) electrons. The number of nitrogens with one attached hydrogen (secondary N) is 1. The molecule has 1 aromatic carbocycles. The van der Waals surface area contributed by atoms with Crippen molar-refractivity contribution in [2.75, 3.05) is 57.9 Å². The van der Waals surface area contributed by atoms with Crippen LogP contribution < -0.4 is 11.1 Å². The summed E-state index contributed by atoms with van der Waals surface area (Å²) >= 11 is 1.78. The molecule has 2 aromatic rings. The number of aliphatic imine (C=N–C) groups is 1. The Morgan fingerprint density at radius 3 is 2.85 bits per heavy atom. The number of hydrogen-bond donors (Lipinski definition) is 2. The molecule has 9 heteroatoms. The summed E-state index contributed by atoms with van der Waals surface area (Å²) < 4.78 is 10.5. The van der Waals surface area contributed by atoms with Crippen molar-refractivity contribution in [1.82, 2.24) is 9.80 Å². The molecule has 4 rings (SSSR count). The molecular formula is C24H33N5O3S. The molecule has 2 aliphatic rings. The van der Waals surface area contributed by atoms with Crippen LogP contribution in [0.5, 0.6) is 0 Å². The molecule has 1 saturated heterocycles. The number of esters is 1. The van der Waals surface area contributed by atoms with Gasteiger partial charge in [-0.1, -0.05) is 12.1 Å². The first-order chi connectivity index (χ1) is 16.0. The lowest BCUT2D eigenvalue weighted by atomic mass is 10.2. The monoisotopic (exact) mass is 471 g/mol. The number of thiophene rings is 1. The number of nitrogens with zero attached hydrogens (tertiary/aromatic N) is 3. The van der Waals surface area contributed by atoms with Gasteiger partial charge in [0.2, 0.25) is 0 Å². The fraction of sp³-hybridized carbons (Fsp3) is 0.500. The highest BCUT2D eigenvalue weighted by molar-refractivity contribution is 7.16. The van der Waals surface area contributed by atoms with Crippen molar-refractivity contribution in [2.45, 2.75) is 26.3 Å². The number of carbonyl (C=O) groups excluding carboxylic acids is 1. The lowest BCUT2D eigenvalue weighted by molar-refractivity contribution is -0.146. The van der Waals surface area contributed by atoms with Crippen LogP contribution >= 0.6 is 11.3 Å². The largest absolute Gasteiger partial charge is 0.465 e.